The maximum Gasteiger partial charge on any atom is 0.0763 e. The maximum absolute atomic E-state index is 8.55. The van der Waals surface area contributed by atoms with Gasteiger partial charge in [0.15, 0.2) is 0 Å². The van der Waals surface area contributed by atoms with E-state index in [1.165, 1.54) is 0 Å². The largest absolute Gasteiger partial charge is 0.411 e. The van der Waals surface area contributed by atoms with E-state index in [2.05, 4.69) is 10.6 Å². The molecule has 0 radical (unpaired) electrons. The van der Waals surface area contributed by atoms with Crippen molar-refractivity contribution in [2.45, 2.75) is 31.7 Å². The third-order valence-corrected chi connectivity index (χ3v) is 1.86. The molecule has 0 aromatic rings. The zero-order chi connectivity index (χ0) is 7.40. The van der Waals surface area contributed by atoms with Gasteiger partial charge in [-0.3, -0.25) is 0 Å². The van der Waals surface area contributed by atoms with Crippen LogP contribution in [0.3, 0.4) is 0 Å². The van der Waals surface area contributed by atoms with E-state index in [4.69, 9.17) is 10.4 Å². The lowest BCUT2D eigenvalue weighted by atomic mass is 9.94. The molecule has 4 heteroatoms. The van der Waals surface area contributed by atoms with E-state index in [1.54, 1.807) is 0 Å². The van der Waals surface area contributed by atoms with Gasteiger partial charge in [-0.15, -0.1) is 0 Å². The minimum Gasteiger partial charge on any atom is -0.411 e. The third-order valence-electron chi connectivity index (χ3n) is 1.86. The van der Waals surface area contributed by atoms with E-state index in [9.17, 15) is 0 Å². The van der Waals surface area contributed by atoms with Crippen LogP contribution in [0.4, 0.5) is 0 Å². The molecule has 4 nitrogen and oxygen atoms in total. The topological polar surface area (TPSA) is 64.9 Å². The van der Waals surface area contributed by atoms with Crippen molar-refractivity contribution in [1.82, 2.24) is 5.48 Å². The predicted molar refractivity (Wildman–Crippen MR) is 36.4 cm³/mol. The first-order valence-corrected chi connectivity index (χ1v) is 3.49. The molecule has 58 valence electrons. The number of nitrogens with one attached hydrogen (secondary N) is 1. The number of hydroxylamine groups is 1. The Kier molecular flexibility index (Phi) is 2.65. The molecule has 0 aromatic heterocycles. The van der Waals surface area contributed by atoms with Gasteiger partial charge in [0.2, 0.25) is 0 Å². The molecule has 1 aliphatic rings. The maximum atomic E-state index is 8.55. The minimum absolute atomic E-state index is 0.126. The fraction of sp³-hybridized carbons (Fsp3) is 0.833. The number of oxime groups is 1. The van der Waals surface area contributed by atoms with Crippen LogP contribution in [0.25, 0.3) is 0 Å². The smallest absolute Gasteiger partial charge is 0.0763 e. The molecule has 0 aromatic carbocycles. The van der Waals surface area contributed by atoms with Crippen molar-refractivity contribution in [2.75, 3.05) is 0 Å². The predicted octanol–water partition coefficient (Wildman–Crippen LogP) is 0.738. The van der Waals surface area contributed by atoms with Crippen LogP contribution in [0.1, 0.15) is 25.7 Å². The summed E-state index contributed by atoms with van der Waals surface area (Å²) in [6, 6.07) is -0.126. The molecule has 1 fully saturated rings. The first-order valence-electron chi connectivity index (χ1n) is 3.49. The second-order valence-electron chi connectivity index (χ2n) is 2.52. The van der Waals surface area contributed by atoms with Gasteiger partial charge in [0.05, 0.1) is 11.8 Å². The van der Waals surface area contributed by atoms with Gasteiger partial charge < -0.3 is 10.4 Å². The van der Waals surface area contributed by atoms with Gasteiger partial charge >= 0.3 is 0 Å². The van der Waals surface area contributed by atoms with E-state index in [-0.39, 0.29) is 6.04 Å². The summed E-state index contributed by atoms with van der Waals surface area (Å²) in [6.45, 7) is 0. The van der Waals surface area contributed by atoms with Crippen LogP contribution >= 0.6 is 0 Å². The Balaban J connectivity index is 2.50. The van der Waals surface area contributed by atoms with Gasteiger partial charge in [-0.05, 0) is 19.3 Å². The Hall–Kier alpha value is -0.610. The number of hydrogen-bond donors (Lipinski definition) is 3. The monoisotopic (exact) mass is 144 g/mol. The van der Waals surface area contributed by atoms with Gasteiger partial charge in [0, 0.05) is 0 Å². The van der Waals surface area contributed by atoms with Crippen molar-refractivity contribution in [3.63, 3.8) is 0 Å². The van der Waals surface area contributed by atoms with Crippen molar-refractivity contribution in [3.8, 4) is 0 Å². The molecule has 1 atom stereocenters. The average molecular weight is 144 g/mol. The summed E-state index contributed by atoms with van der Waals surface area (Å²) in [6.07, 6.45) is 3.78. The molecule has 10 heavy (non-hydrogen) atoms. The summed E-state index contributed by atoms with van der Waals surface area (Å²) in [5.41, 5.74) is 2.78. The first kappa shape index (κ1) is 7.50. The van der Waals surface area contributed by atoms with Crippen molar-refractivity contribution in [3.05, 3.63) is 0 Å². The van der Waals surface area contributed by atoms with Crippen LogP contribution in [0.5, 0.6) is 0 Å². The highest BCUT2D eigenvalue weighted by atomic mass is 16.5. The standard InChI is InChI=1S/C6H12N2O2/c9-7-5-3-1-2-4-6(5)8-10/h5,7,9-10H,1-4H2/t5-/m0/s1. The highest BCUT2D eigenvalue weighted by Gasteiger charge is 2.19. The highest BCUT2D eigenvalue weighted by molar-refractivity contribution is 5.89. The summed E-state index contributed by atoms with van der Waals surface area (Å²) < 4.78 is 0. The molecule has 1 rings (SSSR count). The van der Waals surface area contributed by atoms with Crippen LogP contribution in [0.15, 0.2) is 5.16 Å². The Bertz CT molecular complexity index is 136. The molecule has 1 aliphatic carbocycles. The van der Waals surface area contributed by atoms with Gasteiger partial charge in [0.1, 0.15) is 0 Å². The SMILES string of the molecule is ON=C1CCCC[C@@H]1NO. The molecule has 0 spiro atoms. The molecular weight excluding hydrogens is 132 g/mol. The van der Waals surface area contributed by atoms with Crippen molar-refractivity contribution >= 4 is 5.71 Å². The van der Waals surface area contributed by atoms with Gasteiger partial charge in [-0.25, -0.2) is 0 Å². The summed E-state index contributed by atoms with van der Waals surface area (Å²) >= 11 is 0. The van der Waals surface area contributed by atoms with Crippen LogP contribution in [-0.4, -0.2) is 22.2 Å². The molecule has 0 heterocycles. The zero-order valence-electron chi connectivity index (χ0n) is 5.75. The summed E-state index contributed by atoms with van der Waals surface area (Å²) in [7, 11) is 0. The molecule has 0 amide bonds. The lowest BCUT2D eigenvalue weighted by Crippen LogP contribution is -2.36. The fourth-order valence-corrected chi connectivity index (χ4v) is 1.25. The van der Waals surface area contributed by atoms with Gasteiger partial charge in [-0.2, -0.15) is 5.48 Å². The highest BCUT2D eigenvalue weighted by Crippen LogP contribution is 2.14. The Morgan fingerprint density at radius 1 is 1.50 bits per heavy atom. The lowest BCUT2D eigenvalue weighted by molar-refractivity contribution is 0.139. The van der Waals surface area contributed by atoms with E-state index in [0.29, 0.717) is 5.71 Å². The second-order valence-corrected chi connectivity index (χ2v) is 2.52. The molecule has 0 unspecified atom stereocenters. The summed E-state index contributed by atoms with van der Waals surface area (Å²) in [5, 5.41) is 20.1. The molecule has 0 aliphatic heterocycles. The van der Waals surface area contributed by atoms with Crippen molar-refractivity contribution in [2.24, 2.45) is 5.16 Å². The van der Waals surface area contributed by atoms with Crippen molar-refractivity contribution < 1.29 is 10.4 Å². The first-order chi connectivity index (χ1) is 4.88. The van der Waals surface area contributed by atoms with E-state index >= 15 is 0 Å². The van der Waals surface area contributed by atoms with E-state index < -0.39 is 0 Å². The molecule has 0 bridgehead atoms. The van der Waals surface area contributed by atoms with Gasteiger partial charge in [0.25, 0.3) is 0 Å². The van der Waals surface area contributed by atoms with Crippen LogP contribution in [0, 0.1) is 0 Å². The number of nitrogens with zero attached hydrogens (tertiary/aromatic N) is 1. The lowest BCUT2D eigenvalue weighted by Gasteiger charge is -2.20. The summed E-state index contributed by atoms with van der Waals surface area (Å²) in [5.74, 6) is 0. The molecule has 0 saturated heterocycles. The zero-order valence-corrected chi connectivity index (χ0v) is 5.75. The normalized spacial score (nSPS) is 30.9. The van der Waals surface area contributed by atoms with E-state index in [1.807, 2.05) is 0 Å². The number of rotatable bonds is 1. The third kappa shape index (κ3) is 1.46. The quantitative estimate of drug-likeness (QED) is 0.375. The molecule has 3 N–H and O–H groups in total. The second kappa shape index (κ2) is 3.53. The van der Waals surface area contributed by atoms with E-state index in [0.717, 1.165) is 25.7 Å². The number of hydrogen-bond acceptors (Lipinski definition) is 4. The van der Waals surface area contributed by atoms with Crippen molar-refractivity contribution in [1.29, 1.82) is 0 Å². The van der Waals surface area contributed by atoms with Crippen LogP contribution in [-0.2, 0) is 0 Å². The van der Waals surface area contributed by atoms with Crippen LogP contribution in [0.2, 0.25) is 0 Å². The van der Waals surface area contributed by atoms with Gasteiger partial charge in [-0.1, -0.05) is 11.6 Å². The Morgan fingerprint density at radius 2 is 2.30 bits per heavy atom. The average Bonchev–Trinajstić information content (AvgIpc) is 2.04. The Labute approximate surface area is 59.5 Å². The fourth-order valence-electron chi connectivity index (χ4n) is 1.25. The Morgan fingerprint density at radius 3 is 2.80 bits per heavy atom. The minimum atomic E-state index is -0.126. The summed E-state index contributed by atoms with van der Waals surface area (Å²) in [4.78, 5) is 0. The van der Waals surface area contributed by atoms with Crippen LogP contribution < -0.4 is 5.48 Å². The molecular formula is C6H12N2O2. The molecule has 1 saturated carbocycles.